The van der Waals surface area contributed by atoms with E-state index in [0.717, 1.165) is 0 Å². The zero-order valence-electron chi connectivity index (χ0n) is 17.6. The molecule has 3 amide bonds. The van der Waals surface area contributed by atoms with Crippen molar-refractivity contribution >= 4 is 44.8 Å². The van der Waals surface area contributed by atoms with Gasteiger partial charge in [-0.25, -0.2) is 12.7 Å². The third-order valence-corrected chi connectivity index (χ3v) is 7.01. The van der Waals surface area contributed by atoms with Crippen LogP contribution in [-0.4, -0.2) is 56.3 Å². The lowest BCUT2D eigenvalue weighted by molar-refractivity contribution is -0.121. The molecule has 2 aromatic carbocycles. The number of piperidine rings is 1. The van der Waals surface area contributed by atoms with E-state index in [4.69, 9.17) is 0 Å². The number of nitrogens with one attached hydrogen (secondary N) is 2. The number of fused-ring (bicyclic) bond motifs is 1. The Morgan fingerprint density at radius 3 is 2.34 bits per heavy atom. The van der Waals surface area contributed by atoms with Crippen LogP contribution in [0.4, 0.5) is 17.1 Å². The Labute approximate surface area is 186 Å². The van der Waals surface area contributed by atoms with Crippen LogP contribution in [0.15, 0.2) is 48.5 Å². The summed E-state index contributed by atoms with van der Waals surface area (Å²) in [6.45, 7) is 0.588. The first-order valence-electron chi connectivity index (χ1n) is 10.3. The molecule has 0 bridgehead atoms. The zero-order valence-corrected chi connectivity index (χ0v) is 18.4. The standard InChI is InChI=1S/C22H24N4O5S/c1-32(30,31)25-12-10-15(11-13-25)21(28)23-17-8-6-16(7-9-17)22(29)26-14-20(27)24-18-4-2-3-5-19(18)26/h2-9,15H,10-14H2,1H3,(H,23,28)(H,24,27). The predicted molar refractivity (Wildman–Crippen MR) is 121 cm³/mol. The fourth-order valence-electron chi connectivity index (χ4n) is 3.96. The van der Waals surface area contributed by atoms with E-state index in [0.29, 0.717) is 48.6 Å². The van der Waals surface area contributed by atoms with Gasteiger partial charge in [0.05, 0.1) is 17.6 Å². The van der Waals surface area contributed by atoms with Gasteiger partial charge in [0.1, 0.15) is 6.54 Å². The summed E-state index contributed by atoms with van der Waals surface area (Å²) in [6.07, 6.45) is 2.10. The Hall–Kier alpha value is -3.24. The highest BCUT2D eigenvalue weighted by atomic mass is 32.2. The second kappa shape index (κ2) is 8.71. The van der Waals surface area contributed by atoms with E-state index in [2.05, 4.69) is 10.6 Å². The molecule has 2 aliphatic rings. The van der Waals surface area contributed by atoms with E-state index in [1.807, 2.05) is 0 Å². The molecular formula is C22H24N4O5S. The highest BCUT2D eigenvalue weighted by molar-refractivity contribution is 7.88. The normalized spacial score (nSPS) is 17.4. The number of carbonyl (C=O) groups is 3. The summed E-state index contributed by atoms with van der Waals surface area (Å²) in [5, 5.41) is 5.59. The molecule has 0 saturated carbocycles. The molecule has 168 valence electrons. The van der Waals surface area contributed by atoms with Crippen LogP contribution in [0.1, 0.15) is 23.2 Å². The zero-order chi connectivity index (χ0) is 22.9. The molecule has 2 heterocycles. The Balaban J connectivity index is 1.40. The van der Waals surface area contributed by atoms with Gasteiger partial charge in [-0.1, -0.05) is 12.1 Å². The third-order valence-electron chi connectivity index (χ3n) is 5.71. The van der Waals surface area contributed by atoms with Crippen LogP contribution in [0.5, 0.6) is 0 Å². The van der Waals surface area contributed by atoms with Crippen molar-refractivity contribution in [2.75, 3.05) is 41.4 Å². The average Bonchev–Trinajstić information content (AvgIpc) is 2.78. The number of amides is 3. The monoisotopic (exact) mass is 456 g/mol. The molecule has 10 heteroatoms. The molecule has 0 spiro atoms. The molecule has 4 rings (SSSR count). The van der Waals surface area contributed by atoms with E-state index < -0.39 is 10.0 Å². The van der Waals surface area contributed by atoms with Crippen LogP contribution >= 0.6 is 0 Å². The van der Waals surface area contributed by atoms with Crippen molar-refractivity contribution in [2.24, 2.45) is 5.92 Å². The number of anilines is 3. The number of sulfonamides is 1. The van der Waals surface area contributed by atoms with E-state index in [1.54, 1.807) is 48.5 Å². The van der Waals surface area contributed by atoms with Gasteiger partial charge in [-0.3, -0.25) is 19.3 Å². The first-order valence-corrected chi connectivity index (χ1v) is 12.1. The number of benzene rings is 2. The second-order valence-corrected chi connectivity index (χ2v) is 9.94. The summed E-state index contributed by atoms with van der Waals surface area (Å²) in [4.78, 5) is 39.0. The number of nitrogens with zero attached hydrogens (tertiary/aromatic N) is 2. The van der Waals surface area contributed by atoms with Crippen LogP contribution in [0, 0.1) is 5.92 Å². The van der Waals surface area contributed by atoms with Crippen LogP contribution in [0.2, 0.25) is 0 Å². The minimum absolute atomic E-state index is 0.0689. The van der Waals surface area contributed by atoms with E-state index in [1.165, 1.54) is 15.5 Å². The molecule has 32 heavy (non-hydrogen) atoms. The molecule has 0 atom stereocenters. The molecule has 2 N–H and O–H groups in total. The smallest absolute Gasteiger partial charge is 0.258 e. The van der Waals surface area contributed by atoms with Gasteiger partial charge in [0.25, 0.3) is 5.91 Å². The van der Waals surface area contributed by atoms with Gasteiger partial charge < -0.3 is 10.6 Å². The number of hydrogen-bond acceptors (Lipinski definition) is 5. The van der Waals surface area contributed by atoms with Crippen molar-refractivity contribution in [1.82, 2.24) is 4.31 Å². The minimum atomic E-state index is -3.24. The molecule has 9 nitrogen and oxygen atoms in total. The van der Waals surface area contributed by atoms with E-state index in [9.17, 15) is 22.8 Å². The average molecular weight is 457 g/mol. The Morgan fingerprint density at radius 2 is 1.69 bits per heavy atom. The topological polar surface area (TPSA) is 116 Å². The quantitative estimate of drug-likeness (QED) is 0.729. The second-order valence-electron chi connectivity index (χ2n) is 7.96. The van der Waals surface area contributed by atoms with Gasteiger partial charge in [-0.15, -0.1) is 0 Å². The minimum Gasteiger partial charge on any atom is -0.326 e. The summed E-state index contributed by atoms with van der Waals surface area (Å²) >= 11 is 0. The Morgan fingerprint density at radius 1 is 1.03 bits per heavy atom. The molecule has 0 aromatic heterocycles. The summed E-state index contributed by atoms with van der Waals surface area (Å²) < 4.78 is 24.6. The van der Waals surface area contributed by atoms with Crippen LogP contribution in [0.3, 0.4) is 0 Å². The van der Waals surface area contributed by atoms with Crippen LogP contribution in [-0.2, 0) is 19.6 Å². The van der Waals surface area contributed by atoms with Crippen molar-refractivity contribution < 1.29 is 22.8 Å². The van der Waals surface area contributed by atoms with Crippen molar-refractivity contribution in [2.45, 2.75) is 12.8 Å². The van der Waals surface area contributed by atoms with Gasteiger partial charge in [0, 0.05) is 30.3 Å². The number of hydrogen-bond donors (Lipinski definition) is 2. The maximum absolute atomic E-state index is 13.0. The fourth-order valence-corrected chi connectivity index (χ4v) is 4.83. The lowest BCUT2D eigenvalue weighted by Crippen LogP contribution is -2.42. The van der Waals surface area contributed by atoms with Crippen LogP contribution < -0.4 is 15.5 Å². The van der Waals surface area contributed by atoms with Crippen molar-refractivity contribution in [3.05, 3.63) is 54.1 Å². The lowest BCUT2D eigenvalue weighted by Gasteiger charge is -2.29. The molecule has 0 unspecified atom stereocenters. The molecule has 1 saturated heterocycles. The first-order chi connectivity index (χ1) is 15.2. The van der Waals surface area contributed by atoms with Gasteiger partial charge in [0.15, 0.2) is 0 Å². The summed E-state index contributed by atoms with van der Waals surface area (Å²) in [6, 6.07) is 13.6. The van der Waals surface area contributed by atoms with Gasteiger partial charge in [-0.2, -0.15) is 0 Å². The molecule has 2 aromatic rings. The van der Waals surface area contributed by atoms with Gasteiger partial charge in [0.2, 0.25) is 21.8 Å². The first kappa shape index (κ1) is 22.0. The SMILES string of the molecule is CS(=O)(=O)N1CCC(C(=O)Nc2ccc(C(=O)N3CC(=O)Nc4ccccc43)cc2)CC1. The van der Waals surface area contributed by atoms with Crippen molar-refractivity contribution in [3.63, 3.8) is 0 Å². The number of rotatable bonds is 4. The fraction of sp³-hybridized carbons (Fsp3) is 0.318. The Bertz CT molecular complexity index is 1160. The highest BCUT2D eigenvalue weighted by Crippen LogP contribution is 2.30. The van der Waals surface area contributed by atoms with E-state index >= 15 is 0 Å². The molecular weight excluding hydrogens is 432 g/mol. The Kier molecular flexibility index (Phi) is 5.98. The highest BCUT2D eigenvalue weighted by Gasteiger charge is 2.29. The van der Waals surface area contributed by atoms with Crippen molar-refractivity contribution in [1.29, 1.82) is 0 Å². The number of carbonyl (C=O) groups excluding carboxylic acids is 3. The lowest BCUT2D eigenvalue weighted by atomic mass is 9.97. The predicted octanol–water partition coefficient (Wildman–Crippen LogP) is 1.90. The maximum atomic E-state index is 13.0. The summed E-state index contributed by atoms with van der Waals surface area (Å²) in [5.41, 5.74) is 2.17. The number of para-hydroxylation sites is 2. The molecule has 0 radical (unpaired) electrons. The summed E-state index contributed by atoms with van der Waals surface area (Å²) in [7, 11) is -3.24. The molecule has 0 aliphatic carbocycles. The molecule has 1 fully saturated rings. The third kappa shape index (κ3) is 4.66. The van der Waals surface area contributed by atoms with Gasteiger partial charge >= 0.3 is 0 Å². The van der Waals surface area contributed by atoms with E-state index in [-0.39, 0.29) is 30.2 Å². The molecule has 2 aliphatic heterocycles. The van der Waals surface area contributed by atoms with Gasteiger partial charge in [-0.05, 0) is 49.2 Å². The largest absolute Gasteiger partial charge is 0.326 e. The summed E-state index contributed by atoms with van der Waals surface area (Å²) in [5.74, 6) is -1.00. The van der Waals surface area contributed by atoms with Crippen LogP contribution in [0.25, 0.3) is 0 Å². The van der Waals surface area contributed by atoms with Crippen molar-refractivity contribution in [3.8, 4) is 0 Å². The maximum Gasteiger partial charge on any atom is 0.258 e.